The van der Waals surface area contributed by atoms with Gasteiger partial charge in [-0.25, -0.2) is 4.39 Å². The van der Waals surface area contributed by atoms with Crippen LogP contribution >= 0.6 is 21.6 Å². The van der Waals surface area contributed by atoms with Crippen molar-refractivity contribution in [2.75, 3.05) is 5.75 Å². The minimum Gasteiger partial charge on any atom is -0.451 e. The van der Waals surface area contributed by atoms with E-state index in [1.807, 2.05) is 0 Å². The van der Waals surface area contributed by atoms with Crippen LogP contribution in [0.15, 0.2) is 38.3 Å². The summed E-state index contributed by atoms with van der Waals surface area (Å²) in [5, 5.41) is 9.09. The molecule has 0 atom stereocenters. The zero-order valence-electron chi connectivity index (χ0n) is 11.5. The molecule has 0 amide bonds. The summed E-state index contributed by atoms with van der Waals surface area (Å²) in [7, 11) is 3.12. The summed E-state index contributed by atoms with van der Waals surface area (Å²) in [6.45, 7) is 4.31. The van der Waals surface area contributed by atoms with Crippen molar-refractivity contribution in [3.05, 3.63) is 30.1 Å². The average Bonchev–Trinajstić information content (AvgIpc) is 3.03. The fourth-order valence-corrected chi connectivity index (χ4v) is 3.84. The first-order valence-corrected chi connectivity index (χ1v) is 8.76. The van der Waals surface area contributed by atoms with Crippen LogP contribution < -0.4 is 0 Å². The van der Waals surface area contributed by atoms with Crippen LogP contribution in [-0.4, -0.2) is 16.0 Å². The molecule has 110 valence electrons. The van der Waals surface area contributed by atoms with E-state index in [4.69, 9.17) is 8.83 Å². The first-order valence-electron chi connectivity index (χ1n) is 6.44. The van der Waals surface area contributed by atoms with Crippen molar-refractivity contribution in [2.24, 2.45) is 5.92 Å². The SMILES string of the molecule is CC(C)CSSc1nnc(-c2cc3cc(F)ccc3o2)o1. The van der Waals surface area contributed by atoms with Crippen molar-refractivity contribution in [2.45, 2.75) is 19.1 Å². The van der Waals surface area contributed by atoms with E-state index in [2.05, 4.69) is 24.0 Å². The van der Waals surface area contributed by atoms with Gasteiger partial charge in [0.05, 0.1) is 0 Å². The Hall–Kier alpha value is -1.47. The fourth-order valence-electron chi connectivity index (χ4n) is 1.68. The first kappa shape index (κ1) is 14.5. The van der Waals surface area contributed by atoms with Crippen molar-refractivity contribution >= 4 is 32.6 Å². The van der Waals surface area contributed by atoms with Gasteiger partial charge in [-0.1, -0.05) is 29.7 Å². The lowest BCUT2D eigenvalue weighted by Crippen LogP contribution is -1.87. The normalized spacial score (nSPS) is 11.6. The molecule has 0 fully saturated rings. The standard InChI is InChI=1S/C14H13FN2O2S2/c1-8(2)7-20-21-14-17-16-13(19-14)12-6-9-5-10(15)3-4-11(9)18-12/h3-6,8H,7H2,1-2H3. The highest BCUT2D eigenvalue weighted by Crippen LogP contribution is 2.34. The summed E-state index contributed by atoms with van der Waals surface area (Å²) < 4.78 is 24.3. The second-order valence-corrected chi connectivity index (χ2v) is 7.22. The zero-order valence-corrected chi connectivity index (χ0v) is 13.1. The Labute approximate surface area is 128 Å². The molecule has 0 bridgehead atoms. The Balaban J connectivity index is 1.78. The van der Waals surface area contributed by atoms with E-state index < -0.39 is 0 Å². The van der Waals surface area contributed by atoms with Gasteiger partial charge in [0.1, 0.15) is 11.4 Å². The summed E-state index contributed by atoms with van der Waals surface area (Å²) in [4.78, 5) is 0. The Kier molecular flexibility index (Phi) is 4.21. The van der Waals surface area contributed by atoms with Crippen molar-refractivity contribution in [3.63, 3.8) is 0 Å². The van der Waals surface area contributed by atoms with Gasteiger partial charge >= 0.3 is 0 Å². The lowest BCUT2D eigenvalue weighted by molar-refractivity contribution is 0.453. The van der Waals surface area contributed by atoms with Crippen LogP contribution in [0.2, 0.25) is 0 Å². The molecule has 0 unspecified atom stereocenters. The number of benzene rings is 1. The fraction of sp³-hybridized carbons (Fsp3) is 0.286. The van der Waals surface area contributed by atoms with Crippen LogP contribution in [0.4, 0.5) is 4.39 Å². The first-order chi connectivity index (χ1) is 10.1. The molecular formula is C14H13FN2O2S2. The monoisotopic (exact) mass is 324 g/mol. The Morgan fingerprint density at radius 3 is 2.86 bits per heavy atom. The maximum absolute atomic E-state index is 13.2. The molecule has 21 heavy (non-hydrogen) atoms. The highest BCUT2D eigenvalue weighted by atomic mass is 33.1. The number of aromatic nitrogens is 2. The van der Waals surface area contributed by atoms with Gasteiger partial charge in [0.15, 0.2) is 5.76 Å². The zero-order chi connectivity index (χ0) is 14.8. The predicted molar refractivity (Wildman–Crippen MR) is 82.6 cm³/mol. The van der Waals surface area contributed by atoms with E-state index in [9.17, 15) is 4.39 Å². The van der Waals surface area contributed by atoms with Gasteiger partial charge in [-0.15, -0.1) is 5.10 Å². The molecule has 3 rings (SSSR count). The number of furan rings is 1. The largest absolute Gasteiger partial charge is 0.451 e. The molecule has 0 saturated heterocycles. The van der Waals surface area contributed by atoms with Crippen molar-refractivity contribution < 1.29 is 13.2 Å². The van der Waals surface area contributed by atoms with Gasteiger partial charge < -0.3 is 8.83 Å². The average molecular weight is 324 g/mol. The number of halogens is 1. The number of rotatable bonds is 5. The molecule has 0 spiro atoms. The summed E-state index contributed by atoms with van der Waals surface area (Å²) in [5.74, 6) is 2.06. The molecule has 0 aliphatic rings. The van der Waals surface area contributed by atoms with Crippen LogP contribution in [0.5, 0.6) is 0 Å². The van der Waals surface area contributed by atoms with E-state index in [0.717, 1.165) is 5.75 Å². The molecule has 0 saturated carbocycles. The van der Waals surface area contributed by atoms with Crippen molar-refractivity contribution in [1.82, 2.24) is 10.2 Å². The van der Waals surface area contributed by atoms with Gasteiger partial charge in [0.2, 0.25) is 0 Å². The minimum absolute atomic E-state index is 0.304. The third-order valence-electron chi connectivity index (χ3n) is 2.63. The highest BCUT2D eigenvalue weighted by molar-refractivity contribution is 8.76. The number of fused-ring (bicyclic) bond motifs is 1. The van der Waals surface area contributed by atoms with Gasteiger partial charge in [-0.05, 0) is 30.2 Å². The molecular weight excluding hydrogens is 311 g/mol. The summed E-state index contributed by atoms with van der Waals surface area (Å²) in [5.41, 5.74) is 0.591. The van der Waals surface area contributed by atoms with Crippen LogP contribution in [0.25, 0.3) is 22.6 Å². The molecule has 0 radical (unpaired) electrons. The third-order valence-corrected chi connectivity index (χ3v) is 5.04. The Morgan fingerprint density at radius 2 is 2.05 bits per heavy atom. The molecule has 0 aliphatic heterocycles. The van der Waals surface area contributed by atoms with E-state index in [1.165, 1.54) is 22.9 Å². The second-order valence-electron chi connectivity index (χ2n) is 4.93. The van der Waals surface area contributed by atoms with Gasteiger partial charge in [-0.3, -0.25) is 0 Å². The quantitative estimate of drug-likeness (QED) is 0.614. The van der Waals surface area contributed by atoms with Crippen LogP contribution in [0, 0.1) is 11.7 Å². The molecule has 3 aromatic rings. The Bertz CT molecular complexity index is 754. The molecule has 2 heterocycles. The maximum Gasteiger partial charge on any atom is 0.287 e. The lowest BCUT2D eigenvalue weighted by atomic mass is 10.2. The molecule has 2 aromatic heterocycles. The minimum atomic E-state index is -0.304. The van der Waals surface area contributed by atoms with Gasteiger partial charge in [0, 0.05) is 21.9 Å². The summed E-state index contributed by atoms with van der Waals surface area (Å²) in [6.07, 6.45) is 0. The van der Waals surface area contributed by atoms with E-state index in [0.29, 0.717) is 33.8 Å². The van der Waals surface area contributed by atoms with Crippen LogP contribution in [-0.2, 0) is 0 Å². The predicted octanol–water partition coefficient (Wildman–Crippen LogP) is 5.02. The smallest absolute Gasteiger partial charge is 0.287 e. The summed E-state index contributed by atoms with van der Waals surface area (Å²) in [6, 6.07) is 6.04. The number of hydrogen-bond acceptors (Lipinski definition) is 6. The maximum atomic E-state index is 13.2. The second kappa shape index (κ2) is 6.11. The number of nitrogens with zero attached hydrogens (tertiary/aromatic N) is 2. The summed E-state index contributed by atoms with van der Waals surface area (Å²) >= 11 is 0. The van der Waals surface area contributed by atoms with Gasteiger partial charge in [-0.2, -0.15) is 0 Å². The van der Waals surface area contributed by atoms with Gasteiger partial charge in [0.25, 0.3) is 11.1 Å². The van der Waals surface area contributed by atoms with Crippen molar-refractivity contribution in [3.8, 4) is 11.7 Å². The van der Waals surface area contributed by atoms with Crippen LogP contribution in [0.3, 0.4) is 0 Å². The number of hydrogen-bond donors (Lipinski definition) is 0. The van der Waals surface area contributed by atoms with Crippen LogP contribution in [0.1, 0.15) is 13.8 Å². The van der Waals surface area contributed by atoms with Crippen molar-refractivity contribution in [1.29, 1.82) is 0 Å². The molecule has 0 aliphatic carbocycles. The Morgan fingerprint density at radius 1 is 1.19 bits per heavy atom. The molecule has 4 nitrogen and oxygen atoms in total. The molecule has 1 aromatic carbocycles. The molecule has 0 N–H and O–H groups in total. The molecule has 7 heteroatoms. The lowest BCUT2D eigenvalue weighted by Gasteiger charge is -1.99. The highest BCUT2D eigenvalue weighted by Gasteiger charge is 2.14. The van der Waals surface area contributed by atoms with E-state index in [1.54, 1.807) is 22.9 Å². The van der Waals surface area contributed by atoms with E-state index >= 15 is 0 Å². The van der Waals surface area contributed by atoms with E-state index in [-0.39, 0.29) is 5.82 Å². The topological polar surface area (TPSA) is 52.1 Å². The third kappa shape index (κ3) is 3.41.